The average molecular weight is 361 g/mol. The second-order valence-electron chi connectivity index (χ2n) is 6.91. The summed E-state index contributed by atoms with van der Waals surface area (Å²) in [4.78, 5) is 25.9. The number of carbonyl (C=O) groups is 2. The van der Waals surface area contributed by atoms with E-state index in [0.29, 0.717) is 25.4 Å². The van der Waals surface area contributed by atoms with Gasteiger partial charge in [0.25, 0.3) is 0 Å². The Bertz CT molecular complexity index is 578. The van der Waals surface area contributed by atoms with Crippen molar-refractivity contribution in [2.75, 3.05) is 31.5 Å². The van der Waals surface area contributed by atoms with E-state index in [2.05, 4.69) is 16.0 Å². The number of amides is 3. The standard InChI is InChI=1S/C20H32N4O2/c1-4-24(5-2)20(26)23-18-9-7-17(8-10-18)15(3)22-19(25)11-6-16-12-13-21-14-16/h7-10,15-16,21H,4-6,11-14H2,1-3H3,(H,22,25)(H,23,26). The van der Waals surface area contributed by atoms with E-state index in [1.165, 1.54) is 6.42 Å². The number of hydrogen-bond donors (Lipinski definition) is 3. The minimum Gasteiger partial charge on any atom is -0.350 e. The monoisotopic (exact) mass is 360 g/mol. The first kappa shape index (κ1) is 20.2. The smallest absolute Gasteiger partial charge is 0.321 e. The van der Waals surface area contributed by atoms with E-state index >= 15 is 0 Å². The molecule has 26 heavy (non-hydrogen) atoms. The van der Waals surface area contributed by atoms with Crippen LogP contribution in [0.2, 0.25) is 0 Å². The lowest BCUT2D eigenvalue weighted by Crippen LogP contribution is -2.34. The van der Waals surface area contributed by atoms with Gasteiger partial charge in [-0.1, -0.05) is 12.1 Å². The Morgan fingerprint density at radius 1 is 1.23 bits per heavy atom. The van der Waals surface area contributed by atoms with E-state index in [1.807, 2.05) is 45.0 Å². The quantitative estimate of drug-likeness (QED) is 0.667. The first-order valence-electron chi connectivity index (χ1n) is 9.69. The molecule has 2 atom stereocenters. The molecule has 1 aliphatic rings. The maximum absolute atomic E-state index is 12.1. The SMILES string of the molecule is CCN(CC)C(=O)Nc1ccc(C(C)NC(=O)CCC2CCNC2)cc1. The second-order valence-corrected chi connectivity index (χ2v) is 6.91. The van der Waals surface area contributed by atoms with Crippen LogP contribution in [0, 0.1) is 5.92 Å². The molecule has 0 radical (unpaired) electrons. The molecule has 0 aromatic heterocycles. The van der Waals surface area contributed by atoms with Crippen LogP contribution in [-0.4, -0.2) is 43.0 Å². The summed E-state index contributed by atoms with van der Waals surface area (Å²) in [6, 6.07) is 7.52. The topological polar surface area (TPSA) is 73.5 Å². The molecule has 6 heteroatoms. The minimum atomic E-state index is -0.0921. The van der Waals surface area contributed by atoms with Crippen molar-refractivity contribution in [2.24, 2.45) is 5.92 Å². The Kier molecular flexibility index (Phi) is 7.91. The van der Waals surface area contributed by atoms with Crippen LogP contribution < -0.4 is 16.0 Å². The molecule has 1 aliphatic heterocycles. The van der Waals surface area contributed by atoms with Crippen LogP contribution >= 0.6 is 0 Å². The Morgan fingerprint density at radius 3 is 2.50 bits per heavy atom. The molecule has 3 amide bonds. The van der Waals surface area contributed by atoms with E-state index in [9.17, 15) is 9.59 Å². The van der Waals surface area contributed by atoms with E-state index in [4.69, 9.17) is 0 Å². The van der Waals surface area contributed by atoms with Crippen molar-refractivity contribution in [3.8, 4) is 0 Å². The second kappa shape index (κ2) is 10.2. The lowest BCUT2D eigenvalue weighted by Gasteiger charge is -2.20. The Balaban J connectivity index is 1.80. The highest BCUT2D eigenvalue weighted by atomic mass is 16.2. The van der Waals surface area contributed by atoms with Gasteiger partial charge >= 0.3 is 6.03 Å². The highest BCUT2D eigenvalue weighted by molar-refractivity contribution is 5.89. The predicted molar refractivity (Wildman–Crippen MR) is 105 cm³/mol. The lowest BCUT2D eigenvalue weighted by atomic mass is 10.0. The maximum Gasteiger partial charge on any atom is 0.321 e. The van der Waals surface area contributed by atoms with Crippen LogP contribution in [-0.2, 0) is 4.79 Å². The van der Waals surface area contributed by atoms with Crippen LogP contribution in [0.15, 0.2) is 24.3 Å². The van der Waals surface area contributed by atoms with Crippen molar-refractivity contribution in [1.29, 1.82) is 0 Å². The van der Waals surface area contributed by atoms with Gasteiger partial charge in [-0.05, 0) is 70.3 Å². The van der Waals surface area contributed by atoms with Gasteiger partial charge in [0.15, 0.2) is 0 Å². The van der Waals surface area contributed by atoms with Gasteiger partial charge in [-0.25, -0.2) is 4.79 Å². The van der Waals surface area contributed by atoms with Gasteiger partial charge in [-0.3, -0.25) is 4.79 Å². The Hall–Kier alpha value is -2.08. The molecule has 1 fully saturated rings. The molecule has 6 nitrogen and oxygen atoms in total. The largest absolute Gasteiger partial charge is 0.350 e. The summed E-state index contributed by atoms with van der Waals surface area (Å²) in [6.45, 7) is 9.36. The molecule has 144 valence electrons. The third kappa shape index (κ3) is 6.02. The van der Waals surface area contributed by atoms with Gasteiger partial charge in [-0.15, -0.1) is 0 Å². The van der Waals surface area contributed by atoms with Gasteiger partial charge in [0, 0.05) is 25.2 Å². The zero-order valence-corrected chi connectivity index (χ0v) is 16.2. The molecule has 0 bridgehead atoms. The maximum atomic E-state index is 12.1. The fourth-order valence-corrected chi connectivity index (χ4v) is 3.26. The van der Waals surface area contributed by atoms with Crippen LogP contribution in [0.3, 0.4) is 0 Å². The summed E-state index contributed by atoms with van der Waals surface area (Å²) in [7, 11) is 0. The molecule has 2 rings (SSSR count). The Morgan fingerprint density at radius 2 is 1.92 bits per heavy atom. The molecule has 0 saturated carbocycles. The molecule has 1 heterocycles. The van der Waals surface area contributed by atoms with Crippen molar-refractivity contribution >= 4 is 17.6 Å². The van der Waals surface area contributed by atoms with Crippen LogP contribution in [0.4, 0.5) is 10.5 Å². The van der Waals surface area contributed by atoms with Gasteiger partial charge in [-0.2, -0.15) is 0 Å². The van der Waals surface area contributed by atoms with Gasteiger partial charge in [0.05, 0.1) is 6.04 Å². The van der Waals surface area contributed by atoms with Crippen LogP contribution in [0.25, 0.3) is 0 Å². The average Bonchev–Trinajstić information content (AvgIpc) is 3.15. The summed E-state index contributed by atoms with van der Waals surface area (Å²) >= 11 is 0. The molecular weight excluding hydrogens is 328 g/mol. The molecule has 2 unspecified atom stereocenters. The fraction of sp³-hybridized carbons (Fsp3) is 0.600. The number of nitrogens with one attached hydrogen (secondary N) is 3. The highest BCUT2D eigenvalue weighted by Gasteiger charge is 2.17. The molecular formula is C20H32N4O2. The van der Waals surface area contributed by atoms with E-state index in [0.717, 1.165) is 30.8 Å². The zero-order valence-electron chi connectivity index (χ0n) is 16.2. The fourth-order valence-electron chi connectivity index (χ4n) is 3.26. The molecule has 1 aromatic rings. The summed E-state index contributed by atoms with van der Waals surface area (Å²) in [5.41, 5.74) is 1.79. The van der Waals surface area contributed by atoms with Crippen LogP contribution in [0.1, 0.15) is 51.6 Å². The van der Waals surface area contributed by atoms with Gasteiger partial charge in [0.1, 0.15) is 0 Å². The summed E-state index contributed by atoms with van der Waals surface area (Å²) < 4.78 is 0. The molecule has 0 spiro atoms. The number of hydrogen-bond acceptors (Lipinski definition) is 3. The van der Waals surface area contributed by atoms with Crippen molar-refractivity contribution in [3.05, 3.63) is 29.8 Å². The Labute approximate surface area is 156 Å². The number of urea groups is 1. The lowest BCUT2D eigenvalue weighted by molar-refractivity contribution is -0.122. The molecule has 3 N–H and O–H groups in total. The van der Waals surface area contributed by atoms with Crippen molar-refractivity contribution in [2.45, 2.75) is 46.1 Å². The number of rotatable bonds is 8. The first-order valence-corrected chi connectivity index (χ1v) is 9.69. The van der Waals surface area contributed by atoms with E-state index in [-0.39, 0.29) is 18.0 Å². The first-order chi connectivity index (χ1) is 12.5. The van der Waals surface area contributed by atoms with E-state index in [1.54, 1.807) is 4.90 Å². The third-order valence-corrected chi connectivity index (χ3v) is 5.03. The molecule has 0 aliphatic carbocycles. The van der Waals surface area contributed by atoms with Crippen LogP contribution in [0.5, 0.6) is 0 Å². The summed E-state index contributed by atoms with van der Waals surface area (Å²) in [5, 5.41) is 9.29. The normalized spacial score (nSPS) is 17.6. The van der Waals surface area contributed by atoms with Crippen molar-refractivity contribution < 1.29 is 9.59 Å². The minimum absolute atomic E-state index is 0.0447. The van der Waals surface area contributed by atoms with E-state index < -0.39 is 0 Å². The van der Waals surface area contributed by atoms with Gasteiger partial charge < -0.3 is 20.9 Å². The molecule has 1 saturated heterocycles. The number of anilines is 1. The third-order valence-electron chi connectivity index (χ3n) is 5.03. The van der Waals surface area contributed by atoms with Gasteiger partial charge in [0.2, 0.25) is 5.91 Å². The number of benzene rings is 1. The zero-order chi connectivity index (χ0) is 18.9. The van der Waals surface area contributed by atoms with Crippen molar-refractivity contribution in [3.63, 3.8) is 0 Å². The highest BCUT2D eigenvalue weighted by Crippen LogP contribution is 2.18. The number of carbonyl (C=O) groups excluding carboxylic acids is 2. The summed E-state index contributed by atoms with van der Waals surface area (Å²) in [6.07, 6.45) is 2.69. The van der Waals surface area contributed by atoms with Crippen molar-refractivity contribution in [1.82, 2.24) is 15.5 Å². The molecule has 1 aromatic carbocycles. The number of nitrogens with zero attached hydrogens (tertiary/aromatic N) is 1. The predicted octanol–water partition coefficient (Wildman–Crippen LogP) is 3.13. The summed E-state index contributed by atoms with van der Waals surface area (Å²) in [5.74, 6) is 0.730.